The molecule has 0 saturated heterocycles. The Morgan fingerprint density at radius 1 is 1.67 bits per heavy atom. The van der Waals surface area contributed by atoms with E-state index >= 15 is 0 Å². The van der Waals surface area contributed by atoms with Gasteiger partial charge in [0.15, 0.2) is 5.82 Å². The highest BCUT2D eigenvalue weighted by Gasteiger charge is 2.15. The Hall–Kier alpha value is -1.29. The fourth-order valence-corrected chi connectivity index (χ4v) is 1.35. The number of benzene rings is 1. The smallest absolute Gasteiger partial charge is 0.239 e. The first-order valence-electron chi connectivity index (χ1n) is 4.56. The molecule has 3 N–H and O–H groups in total. The highest BCUT2D eigenvalue weighted by Crippen LogP contribution is 2.22. The first kappa shape index (κ1) is 11.8. The maximum atomic E-state index is 13.4. The fraction of sp³-hybridized carbons (Fsp3) is 0.300. The van der Waals surface area contributed by atoms with Gasteiger partial charge in [-0.05, 0) is 18.6 Å². The molecule has 0 spiro atoms. The van der Waals surface area contributed by atoms with E-state index in [0.29, 0.717) is 6.42 Å². The number of nitrogens with one attached hydrogen (secondary N) is 1. The summed E-state index contributed by atoms with van der Waals surface area (Å²) in [7, 11) is 0. The molecule has 15 heavy (non-hydrogen) atoms. The van der Waals surface area contributed by atoms with Crippen LogP contribution in [-0.2, 0) is 4.79 Å². The first-order chi connectivity index (χ1) is 7.06. The van der Waals surface area contributed by atoms with Crippen LogP contribution in [0.1, 0.15) is 13.3 Å². The summed E-state index contributed by atoms with van der Waals surface area (Å²) in [5.74, 6) is -1.09. The van der Waals surface area contributed by atoms with Crippen molar-refractivity contribution in [2.75, 3.05) is 5.32 Å². The molecule has 0 aliphatic rings. The zero-order valence-corrected chi connectivity index (χ0v) is 9.01. The predicted octanol–water partition coefficient (Wildman–Crippen LogP) is 2.15. The zero-order valence-electron chi connectivity index (χ0n) is 8.26. The molecule has 0 heterocycles. The largest absolute Gasteiger partial charge is 0.371 e. The summed E-state index contributed by atoms with van der Waals surface area (Å²) in [4.78, 5) is 10.9. The van der Waals surface area contributed by atoms with Gasteiger partial charge in [0, 0.05) is 0 Å². The van der Waals surface area contributed by atoms with Gasteiger partial charge in [0.25, 0.3) is 0 Å². The molecule has 5 heteroatoms. The number of primary amides is 1. The number of rotatable bonds is 4. The molecule has 0 bridgehead atoms. The molecule has 0 radical (unpaired) electrons. The molecular formula is C10H12ClFN2O. The van der Waals surface area contributed by atoms with Gasteiger partial charge in [0.05, 0.1) is 10.7 Å². The van der Waals surface area contributed by atoms with Crippen molar-refractivity contribution in [1.29, 1.82) is 0 Å². The first-order valence-corrected chi connectivity index (χ1v) is 4.94. The third-order valence-electron chi connectivity index (χ3n) is 2.03. The SMILES string of the molecule is CCC(Nc1cccc(Cl)c1F)C(N)=O. The van der Waals surface area contributed by atoms with Crippen LogP contribution in [0.25, 0.3) is 0 Å². The molecule has 3 nitrogen and oxygen atoms in total. The second-order valence-electron chi connectivity index (χ2n) is 3.11. The molecule has 0 aromatic heterocycles. The van der Waals surface area contributed by atoms with Gasteiger partial charge in [-0.15, -0.1) is 0 Å². The van der Waals surface area contributed by atoms with Crippen LogP contribution in [0.3, 0.4) is 0 Å². The van der Waals surface area contributed by atoms with Gasteiger partial charge in [-0.2, -0.15) is 0 Å². The number of halogens is 2. The average Bonchev–Trinajstić information content (AvgIpc) is 2.19. The van der Waals surface area contributed by atoms with Gasteiger partial charge in [-0.25, -0.2) is 4.39 Å². The Bertz CT molecular complexity index is 370. The van der Waals surface area contributed by atoms with Crippen LogP contribution in [0.2, 0.25) is 5.02 Å². The van der Waals surface area contributed by atoms with Crippen molar-refractivity contribution in [2.24, 2.45) is 5.73 Å². The van der Waals surface area contributed by atoms with Gasteiger partial charge >= 0.3 is 0 Å². The Morgan fingerprint density at radius 3 is 2.87 bits per heavy atom. The predicted molar refractivity (Wildman–Crippen MR) is 58.3 cm³/mol. The Kier molecular flexibility index (Phi) is 3.91. The number of anilines is 1. The lowest BCUT2D eigenvalue weighted by atomic mass is 10.2. The second-order valence-corrected chi connectivity index (χ2v) is 3.52. The van der Waals surface area contributed by atoms with E-state index in [2.05, 4.69) is 5.32 Å². The molecule has 1 aromatic carbocycles. The van der Waals surface area contributed by atoms with Gasteiger partial charge < -0.3 is 11.1 Å². The van der Waals surface area contributed by atoms with Crippen molar-refractivity contribution in [1.82, 2.24) is 0 Å². The Morgan fingerprint density at radius 2 is 2.33 bits per heavy atom. The summed E-state index contributed by atoms with van der Waals surface area (Å²) in [6.45, 7) is 1.78. The summed E-state index contributed by atoms with van der Waals surface area (Å²) in [5.41, 5.74) is 5.31. The molecule has 0 aliphatic carbocycles. The van der Waals surface area contributed by atoms with Crippen molar-refractivity contribution in [2.45, 2.75) is 19.4 Å². The summed E-state index contributed by atoms with van der Waals surface area (Å²) >= 11 is 5.59. The van der Waals surface area contributed by atoms with Gasteiger partial charge in [-0.3, -0.25) is 4.79 Å². The lowest BCUT2D eigenvalue weighted by Gasteiger charge is -2.15. The monoisotopic (exact) mass is 230 g/mol. The summed E-state index contributed by atoms with van der Waals surface area (Å²) in [5, 5.41) is 2.72. The quantitative estimate of drug-likeness (QED) is 0.833. The van der Waals surface area contributed by atoms with Crippen molar-refractivity contribution < 1.29 is 9.18 Å². The number of hydrogen-bond donors (Lipinski definition) is 2. The van der Waals surface area contributed by atoms with Crippen molar-refractivity contribution in [3.63, 3.8) is 0 Å². The van der Waals surface area contributed by atoms with Gasteiger partial charge in [-0.1, -0.05) is 24.6 Å². The topological polar surface area (TPSA) is 55.1 Å². The molecule has 0 saturated carbocycles. The highest BCUT2D eigenvalue weighted by atomic mass is 35.5. The molecule has 82 valence electrons. The average molecular weight is 231 g/mol. The minimum atomic E-state index is -0.585. The molecule has 1 aromatic rings. The number of carbonyl (C=O) groups excluding carboxylic acids is 1. The van der Waals surface area contributed by atoms with Crippen LogP contribution < -0.4 is 11.1 Å². The van der Waals surface area contributed by atoms with Gasteiger partial charge in [0.1, 0.15) is 6.04 Å². The van der Waals surface area contributed by atoms with Crippen LogP contribution in [-0.4, -0.2) is 11.9 Å². The third kappa shape index (κ3) is 2.83. The van der Waals surface area contributed by atoms with Crippen LogP contribution in [0, 0.1) is 5.82 Å². The normalized spacial score (nSPS) is 12.2. The minimum absolute atomic E-state index is 0.0133. The van der Waals surface area contributed by atoms with Crippen molar-refractivity contribution in [3.05, 3.63) is 29.0 Å². The standard InChI is InChI=1S/C10H12ClFN2O/c1-2-7(10(13)15)14-8-5-3-4-6(11)9(8)12/h3-5,7,14H,2H2,1H3,(H2,13,15). The molecule has 1 unspecified atom stereocenters. The molecule has 1 atom stereocenters. The van der Waals surface area contributed by atoms with Crippen molar-refractivity contribution in [3.8, 4) is 0 Å². The van der Waals surface area contributed by atoms with E-state index in [1.165, 1.54) is 12.1 Å². The maximum absolute atomic E-state index is 13.4. The van der Waals surface area contributed by atoms with Crippen LogP contribution in [0.15, 0.2) is 18.2 Å². The van der Waals surface area contributed by atoms with Crippen LogP contribution in [0.4, 0.5) is 10.1 Å². The van der Waals surface area contributed by atoms with Crippen LogP contribution in [0.5, 0.6) is 0 Å². The molecule has 0 fully saturated rings. The Labute approximate surface area is 92.4 Å². The van der Waals surface area contributed by atoms with E-state index in [4.69, 9.17) is 17.3 Å². The number of amides is 1. The number of carbonyl (C=O) groups is 1. The second kappa shape index (κ2) is 4.98. The highest BCUT2D eigenvalue weighted by molar-refractivity contribution is 6.31. The number of hydrogen-bond acceptors (Lipinski definition) is 2. The third-order valence-corrected chi connectivity index (χ3v) is 2.32. The maximum Gasteiger partial charge on any atom is 0.239 e. The van der Waals surface area contributed by atoms with E-state index in [0.717, 1.165) is 0 Å². The van der Waals surface area contributed by atoms with E-state index in [1.807, 2.05) is 0 Å². The van der Waals surface area contributed by atoms with E-state index in [9.17, 15) is 9.18 Å². The van der Waals surface area contributed by atoms with Crippen LogP contribution >= 0.6 is 11.6 Å². The molecule has 1 rings (SSSR count). The minimum Gasteiger partial charge on any atom is -0.371 e. The lowest BCUT2D eigenvalue weighted by Crippen LogP contribution is -2.35. The van der Waals surface area contributed by atoms with E-state index in [1.54, 1.807) is 13.0 Å². The fourth-order valence-electron chi connectivity index (χ4n) is 1.18. The zero-order chi connectivity index (χ0) is 11.4. The molecular weight excluding hydrogens is 219 g/mol. The molecule has 1 amide bonds. The Balaban J connectivity index is 2.88. The number of nitrogens with two attached hydrogens (primary N) is 1. The van der Waals surface area contributed by atoms with Gasteiger partial charge in [0.2, 0.25) is 5.91 Å². The lowest BCUT2D eigenvalue weighted by molar-refractivity contribution is -0.118. The molecule has 0 aliphatic heterocycles. The summed E-state index contributed by atoms with van der Waals surface area (Å²) in [6, 6.07) is 3.96. The van der Waals surface area contributed by atoms with Crippen molar-refractivity contribution >= 4 is 23.2 Å². The van der Waals surface area contributed by atoms with E-state index < -0.39 is 17.8 Å². The van der Waals surface area contributed by atoms with E-state index in [-0.39, 0.29) is 10.7 Å². The summed E-state index contributed by atoms with van der Waals surface area (Å²) in [6.07, 6.45) is 0.487. The summed E-state index contributed by atoms with van der Waals surface area (Å²) < 4.78 is 13.4.